The Hall–Kier alpha value is -5.98. The van der Waals surface area contributed by atoms with E-state index < -0.39 is 17.7 Å². The van der Waals surface area contributed by atoms with Crippen molar-refractivity contribution in [2.75, 3.05) is 12.0 Å². The van der Waals surface area contributed by atoms with Gasteiger partial charge in [-0.05, 0) is 65.1 Å². The molecule has 0 bridgehead atoms. The highest BCUT2D eigenvalue weighted by Gasteiger charge is 2.49. The average molecular weight is 740 g/mol. The number of aryl methyl sites for hydroxylation is 2. The number of amides is 1. The minimum absolute atomic E-state index is 0.112. The van der Waals surface area contributed by atoms with Crippen LogP contribution in [-0.2, 0) is 21.9 Å². The Morgan fingerprint density at radius 1 is 0.906 bits per heavy atom. The molecule has 53 heavy (non-hydrogen) atoms. The number of aromatic nitrogens is 4. The van der Waals surface area contributed by atoms with Crippen molar-refractivity contribution in [3.63, 3.8) is 0 Å². The van der Waals surface area contributed by atoms with Crippen LogP contribution in [0.5, 0.6) is 11.5 Å². The number of nitrogens with zero attached hydrogens (tertiary/aromatic N) is 5. The van der Waals surface area contributed by atoms with Crippen LogP contribution in [0.2, 0.25) is 0 Å². The van der Waals surface area contributed by atoms with Gasteiger partial charge in [0.1, 0.15) is 17.9 Å². The number of rotatable bonds is 10. The fourth-order valence-corrected chi connectivity index (χ4v) is 8.52. The summed E-state index contributed by atoms with van der Waals surface area (Å²) in [5.74, 6) is -0.566. The molecule has 8 rings (SSSR count). The third-order valence-corrected chi connectivity index (χ3v) is 11.4. The number of hydrogen-bond donors (Lipinski definition) is 1. The van der Waals surface area contributed by atoms with Crippen LogP contribution in [-0.4, -0.2) is 43.5 Å². The van der Waals surface area contributed by atoms with E-state index in [0.717, 1.165) is 27.5 Å². The number of benzene rings is 4. The van der Waals surface area contributed by atoms with E-state index in [9.17, 15) is 14.7 Å². The number of ketones is 1. The normalized spacial score (nSPS) is 15.5. The predicted octanol–water partition coefficient (Wildman–Crippen LogP) is 8.46. The third-order valence-electron chi connectivity index (χ3n) is 9.33. The number of aliphatic hydroxyl groups is 1. The fourth-order valence-electron chi connectivity index (χ4n) is 6.64. The van der Waals surface area contributed by atoms with Gasteiger partial charge in [0.25, 0.3) is 5.78 Å². The molecule has 1 amide bonds. The van der Waals surface area contributed by atoms with Gasteiger partial charge >= 0.3 is 5.91 Å². The lowest BCUT2D eigenvalue weighted by atomic mass is 9.96. The number of hydrogen-bond acceptors (Lipinski definition) is 10. The fraction of sp³-hybridized carbons (Fsp3) is 0.146. The number of imidazole rings is 1. The smallest absolute Gasteiger partial charge is 0.301 e. The van der Waals surface area contributed by atoms with Crippen LogP contribution in [0.15, 0.2) is 119 Å². The molecule has 1 fully saturated rings. The molecule has 264 valence electrons. The molecule has 1 atom stereocenters. The molecule has 4 aromatic carbocycles. The number of fused-ring (bicyclic) bond motifs is 2. The Labute approximate surface area is 313 Å². The lowest BCUT2D eigenvalue weighted by Gasteiger charge is -2.23. The maximum Gasteiger partial charge on any atom is 0.301 e. The highest BCUT2D eigenvalue weighted by molar-refractivity contribution is 8.00. The molecule has 0 saturated carbocycles. The summed E-state index contributed by atoms with van der Waals surface area (Å²) in [5, 5.41) is 23.3. The number of ether oxygens (including phenoxy) is 2. The van der Waals surface area contributed by atoms with Crippen molar-refractivity contribution in [3.05, 3.63) is 149 Å². The lowest BCUT2D eigenvalue weighted by Crippen LogP contribution is -2.29. The van der Waals surface area contributed by atoms with Gasteiger partial charge in [0, 0.05) is 11.9 Å². The molecule has 1 saturated heterocycles. The van der Waals surface area contributed by atoms with Gasteiger partial charge in [0.15, 0.2) is 21.6 Å². The van der Waals surface area contributed by atoms with Crippen molar-refractivity contribution in [3.8, 4) is 11.5 Å². The summed E-state index contributed by atoms with van der Waals surface area (Å²) in [6.45, 7) is 4.04. The maximum atomic E-state index is 14.1. The van der Waals surface area contributed by atoms with Gasteiger partial charge in [-0.2, -0.15) is 0 Å². The number of methoxy groups -OCH3 is 1. The molecule has 1 aliphatic heterocycles. The highest BCUT2D eigenvalue weighted by atomic mass is 32.2. The molecule has 0 aliphatic carbocycles. The van der Waals surface area contributed by atoms with Crippen LogP contribution in [0, 0.1) is 13.8 Å². The van der Waals surface area contributed by atoms with Crippen molar-refractivity contribution in [1.29, 1.82) is 0 Å². The van der Waals surface area contributed by atoms with Crippen LogP contribution < -0.4 is 14.4 Å². The summed E-state index contributed by atoms with van der Waals surface area (Å²) in [6, 6.07) is 32.1. The minimum Gasteiger partial charge on any atom is -0.505 e. The first-order valence-electron chi connectivity index (χ1n) is 16.9. The number of aliphatic hydroxyl groups excluding tert-OH is 1. The number of pyridine rings is 1. The summed E-state index contributed by atoms with van der Waals surface area (Å²) in [5.41, 5.74) is 4.88. The van der Waals surface area contributed by atoms with E-state index in [4.69, 9.17) is 14.5 Å². The second kappa shape index (κ2) is 14.2. The summed E-state index contributed by atoms with van der Waals surface area (Å²) in [7, 11) is 1.53. The quantitative estimate of drug-likeness (QED) is 0.0485. The second-order valence-corrected chi connectivity index (χ2v) is 14.7. The van der Waals surface area contributed by atoms with Gasteiger partial charge in [0.05, 0.1) is 24.4 Å². The maximum absolute atomic E-state index is 14.1. The van der Waals surface area contributed by atoms with E-state index >= 15 is 0 Å². The molecule has 0 radical (unpaired) electrons. The second-order valence-electron chi connectivity index (χ2n) is 12.6. The zero-order chi connectivity index (χ0) is 36.6. The molecule has 1 aliphatic rings. The molecular weight excluding hydrogens is 707 g/mol. The Balaban J connectivity index is 1.19. The van der Waals surface area contributed by atoms with Crippen molar-refractivity contribution < 1.29 is 24.2 Å². The summed E-state index contributed by atoms with van der Waals surface area (Å²) in [4.78, 5) is 34.1. The molecule has 12 heteroatoms. The van der Waals surface area contributed by atoms with Crippen LogP contribution in [0.4, 0.5) is 5.13 Å². The van der Waals surface area contributed by atoms with Gasteiger partial charge in [-0.25, -0.2) is 4.98 Å². The summed E-state index contributed by atoms with van der Waals surface area (Å²) in [6.07, 6.45) is 1.84. The molecule has 7 aromatic rings. The van der Waals surface area contributed by atoms with Gasteiger partial charge in [-0.15, -0.1) is 10.2 Å². The van der Waals surface area contributed by atoms with Gasteiger partial charge in [-0.1, -0.05) is 108 Å². The van der Waals surface area contributed by atoms with Crippen LogP contribution in [0.3, 0.4) is 0 Å². The number of carbonyl (C=O) groups excluding carboxylic acids is 2. The van der Waals surface area contributed by atoms with Gasteiger partial charge in [-0.3, -0.25) is 14.5 Å². The van der Waals surface area contributed by atoms with Crippen molar-refractivity contribution >= 4 is 62.1 Å². The van der Waals surface area contributed by atoms with Gasteiger partial charge in [0.2, 0.25) is 5.13 Å². The van der Waals surface area contributed by atoms with E-state index in [2.05, 4.69) is 34.5 Å². The SMILES string of the molecule is COc1cc(C2/C(=C(\O)c3nc4c(C)cccn4c3C)C(=O)C(=O)N2c2nnc(SCc3cccc4ccccc34)s2)ccc1OCc1ccccc1. The largest absolute Gasteiger partial charge is 0.505 e. The summed E-state index contributed by atoms with van der Waals surface area (Å²) < 4.78 is 14.3. The van der Waals surface area contributed by atoms with E-state index in [1.807, 2.05) is 85.1 Å². The van der Waals surface area contributed by atoms with Crippen molar-refractivity contribution in [1.82, 2.24) is 19.6 Å². The zero-order valence-corrected chi connectivity index (χ0v) is 30.6. The van der Waals surface area contributed by atoms with E-state index in [1.54, 1.807) is 18.2 Å². The molecule has 10 nitrogen and oxygen atoms in total. The molecular formula is C41H33N5O5S2. The van der Waals surface area contributed by atoms with E-state index in [0.29, 0.717) is 45.1 Å². The van der Waals surface area contributed by atoms with E-state index in [-0.39, 0.29) is 22.2 Å². The number of carbonyl (C=O) groups is 2. The van der Waals surface area contributed by atoms with Gasteiger partial charge < -0.3 is 19.0 Å². The van der Waals surface area contributed by atoms with E-state index in [1.165, 1.54) is 35.1 Å². The Morgan fingerprint density at radius 2 is 1.70 bits per heavy atom. The molecule has 4 heterocycles. The van der Waals surface area contributed by atoms with Crippen molar-refractivity contribution in [2.24, 2.45) is 0 Å². The first-order valence-corrected chi connectivity index (χ1v) is 18.7. The zero-order valence-electron chi connectivity index (χ0n) is 29.0. The molecule has 3 aromatic heterocycles. The molecule has 0 spiro atoms. The standard InChI is InChI=1S/C41H33N5O5S2/c1-24-11-10-20-45-25(2)34(42-38(24)45)36(47)33-35(28-18-19-31(32(21-28)50-3)51-22-26-12-5-4-6-13-26)46(39(49)37(33)48)40-43-44-41(53-40)52-23-29-16-9-15-27-14-7-8-17-30(27)29/h4-21,35,47H,22-23H2,1-3H3/b36-33+. The highest BCUT2D eigenvalue weighted by Crippen LogP contribution is 2.46. The summed E-state index contributed by atoms with van der Waals surface area (Å²) >= 11 is 2.71. The Bertz CT molecular complexity index is 2560. The third kappa shape index (κ3) is 6.30. The predicted molar refractivity (Wildman–Crippen MR) is 207 cm³/mol. The minimum atomic E-state index is -1.07. The Kier molecular flexibility index (Phi) is 9.15. The number of anilines is 1. The van der Waals surface area contributed by atoms with Crippen LogP contribution in [0.1, 0.15) is 39.7 Å². The van der Waals surface area contributed by atoms with Crippen LogP contribution in [0.25, 0.3) is 22.2 Å². The molecule has 1 unspecified atom stereocenters. The first kappa shape index (κ1) is 34.1. The molecule has 1 N–H and O–H groups in total. The topological polar surface area (TPSA) is 119 Å². The van der Waals surface area contributed by atoms with Crippen LogP contribution >= 0.6 is 23.1 Å². The average Bonchev–Trinajstić information content (AvgIpc) is 3.87. The Morgan fingerprint density at radius 3 is 2.51 bits per heavy atom. The monoisotopic (exact) mass is 739 g/mol. The first-order chi connectivity index (χ1) is 25.8. The number of Topliss-reactive ketones (excluding diaryl/α,β-unsaturated/α-hetero) is 1. The number of thioether (sulfide) groups is 1. The lowest BCUT2D eigenvalue weighted by molar-refractivity contribution is -0.132. The van der Waals surface area contributed by atoms with Crippen molar-refractivity contribution in [2.45, 2.75) is 36.6 Å².